The molecule has 1 N–H and O–H groups in total. The van der Waals surface area contributed by atoms with Gasteiger partial charge in [0.1, 0.15) is 0 Å². The predicted octanol–water partition coefficient (Wildman–Crippen LogP) is 2.44. The van der Waals surface area contributed by atoms with Gasteiger partial charge in [0.05, 0.1) is 11.7 Å². The standard InChI is InChI=1S/C12H25NO/c1-6-10(4)11-7-13-8-12(5,14-11)9(2)3/h9-11,13H,6-8H2,1-5H3. The Hall–Kier alpha value is -0.0800. The number of morpholine rings is 1. The van der Waals surface area contributed by atoms with E-state index in [0.29, 0.717) is 17.9 Å². The highest BCUT2D eigenvalue weighted by molar-refractivity contribution is 4.89. The highest BCUT2D eigenvalue weighted by atomic mass is 16.5. The molecule has 3 atom stereocenters. The Morgan fingerprint density at radius 3 is 2.57 bits per heavy atom. The number of ether oxygens (including phenoxy) is 1. The summed E-state index contributed by atoms with van der Waals surface area (Å²) in [5.74, 6) is 1.22. The molecular formula is C12H25NO. The first kappa shape index (κ1) is 12.0. The molecule has 84 valence electrons. The molecule has 1 aliphatic rings. The molecule has 1 fully saturated rings. The van der Waals surface area contributed by atoms with E-state index in [1.807, 2.05) is 0 Å². The van der Waals surface area contributed by atoms with E-state index in [1.54, 1.807) is 0 Å². The average molecular weight is 199 g/mol. The number of nitrogens with one attached hydrogen (secondary N) is 1. The predicted molar refractivity (Wildman–Crippen MR) is 60.4 cm³/mol. The molecule has 1 aliphatic heterocycles. The van der Waals surface area contributed by atoms with E-state index < -0.39 is 0 Å². The van der Waals surface area contributed by atoms with E-state index in [0.717, 1.165) is 13.1 Å². The summed E-state index contributed by atoms with van der Waals surface area (Å²) in [5.41, 5.74) is 0.0202. The third-order valence-corrected chi connectivity index (χ3v) is 3.74. The minimum absolute atomic E-state index is 0.0202. The van der Waals surface area contributed by atoms with Crippen molar-refractivity contribution in [3.05, 3.63) is 0 Å². The Morgan fingerprint density at radius 1 is 1.43 bits per heavy atom. The van der Waals surface area contributed by atoms with E-state index in [-0.39, 0.29) is 5.60 Å². The van der Waals surface area contributed by atoms with Gasteiger partial charge in [-0.3, -0.25) is 0 Å². The first-order valence-electron chi connectivity index (χ1n) is 5.88. The van der Waals surface area contributed by atoms with Crippen molar-refractivity contribution in [2.45, 2.75) is 52.7 Å². The highest BCUT2D eigenvalue weighted by Crippen LogP contribution is 2.28. The topological polar surface area (TPSA) is 21.3 Å². The summed E-state index contributed by atoms with van der Waals surface area (Å²) in [6, 6.07) is 0. The van der Waals surface area contributed by atoms with Crippen molar-refractivity contribution in [3.63, 3.8) is 0 Å². The highest BCUT2D eigenvalue weighted by Gasteiger charge is 2.36. The largest absolute Gasteiger partial charge is 0.369 e. The average Bonchev–Trinajstić information content (AvgIpc) is 2.16. The van der Waals surface area contributed by atoms with E-state index in [1.165, 1.54) is 6.42 Å². The van der Waals surface area contributed by atoms with Crippen LogP contribution in [0.1, 0.15) is 41.0 Å². The van der Waals surface area contributed by atoms with Crippen LogP contribution in [0.25, 0.3) is 0 Å². The summed E-state index contributed by atoms with van der Waals surface area (Å²) >= 11 is 0. The van der Waals surface area contributed by atoms with Crippen molar-refractivity contribution in [3.8, 4) is 0 Å². The molecule has 0 aromatic rings. The lowest BCUT2D eigenvalue weighted by molar-refractivity contribution is -0.146. The second-order valence-electron chi connectivity index (χ2n) is 5.14. The molecule has 1 saturated heterocycles. The van der Waals surface area contributed by atoms with Gasteiger partial charge in [-0.25, -0.2) is 0 Å². The maximum atomic E-state index is 6.23. The van der Waals surface area contributed by atoms with Crippen molar-refractivity contribution in [1.29, 1.82) is 0 Å². The fourth-order valence-electron chi connectivity index (χ4n) is 1.81. The van der Waals surface area contributed by atoms with Gasteiger partial charge in [0.15, 0.2) is 0 Å². The summed E-state index contributed by atoms with van der Waals surface area (Å²) in [7, 11) is 0. The molecule has 2 heteroatoms. The van der Waals surface area contributed by atoms with Crippen molar-refractivity contribution in [2.24, 2.45) is 11.8 Å². The summed E-state index contributed by atoms with van der Waals surface area (Å²) in [4.78, 5) is 0. The van der Waals surface area contributed by atoms with Crippen LogP contribution in [0.15, 0.2) is 0 Å². The zero-order valence-corrected chi connectivity index (χ0v) is 10.3. The van der Waals surface area contributed by atoms with E-state index in [4.69, 9.17) is 4.74 Å². The third-order valence-electron chi connectivity index (χ3n) is 3.74. The number of hydrogen-bond donors (Lipinski definition) is 1. The van der Waals surface area contributed by atoms with Gasteiger partial charge in [0.25, 0.3) is 0 Å². The Labute approximate surface area is 88.4 Å². The molecule has 14 heavy (non-hydrogen) atoms. The first-order chi connectivity index (χ1) is 6.49. The molecule has 0 saturated carbocycles. The molecule has 0 amide bonds. The van der Waals surface area contributed by atoms with Gasteiger partial charge in [0, 0.05) is 13.1 Å². The third kappa shape index (κ3) is 2.48. The Bertz CT molecular complexity index is 181. The van der Waals surface area contributed by atoms with Crippen LogP contribution in [0.2, 0.25) is 0 Å². The quantitative estimate of drug-likeness (QED) is 0.754. The lowest BCUT2D eigenvalue weighted by Gasteiger charge is -2.44. The van der Waals surface area contributed by atoms with Crippen LogP contribution in [0.5, 0.6) is 0 Å². The zero-order chi connectivity index (χ0) is 10.8. The van der Waals surface area contributed by atoms with Crippen LogP contribution in [0, 0.1) is 11.8 Å². The van der Waals surface area contributed by atoms with Crippen LogP contribution in [0.4, 0.5) is 0 Å². The monoisotopic (exact) mass is 199 g/mol. The maximum Gasteiger partial charge on any atom is 0.0805 e. The molecule has 0 aliphatic carbocycles. The molecule has 1 heterocycles. The Balaban J connectivity index is 2.59. The van der Waals surface area contributed by atoms with Crippen molar-refractivity contribution in [2.75, 3.05) is 13.1 Å². The zero-order valence-electron chi connectivity index (χ0n) is 10.3. The van der Waals surface area contributed by atoms with E-state index >= 15 is 0 Å². The van der Waals surface area contributed by atoms with Crippen molar-refractivity contribution < 1.29 is 4.74 Å². The Morgan fingerprint density at radius 2 is 2.07 bits per heavy atom. The van der Waals surface area contributed by atoms with Gasteiger partial charge in [-0.1, -0.05) is 34.1 Å². The van der Waals surface area contributed by atoms with Gasteiger partial charge in [0.2, 0.25) is 0 Å². The van der Waals surface area contributed by atoms with Gasteiger partial charge in [-0.15, -0.1) is 0 Å². The lowest BCUT2D eigenvalue weighted by atomic mass is 9.88. The van der Waals surface area contributed by atoms with Gasteiger partial charge < -0.3 is 10.1 Å². The fraction of sp³-hybridized carbons (Fsp3) is 1.00. The smallest absolute Gasteiger partial charge is 0.0805 e. The molecular weight excluding hydrogens is 174 g/mol. The number of rotatable bonds is 3. The molecule has 0 bridgehead atoms. The van der Waals surface area contributed by atoms with E-state index in [2.05, 4.69) is 39.9 Å². The SMILES string of the molecule is CCC(C)C1CNCC(C)(C(C)C)O1. The van der Waals surface area contributed by atoms with Crippen LogP contribution < -0.4 is 5.32 Å². The maximum absolute atomic E-state index is 6.23. The van der Waals surface area contributed by atoms with Crippen LogP contribution in [-0.2, 0) is 4.74 Å². The molecule has 0 aromatic heterocycles. The summed E-state index contributed by atoms with van der Waals surface area (Å²) in [5, 5.41) is 3.50. The van der Waals surface area contributed by atoms with E-state index in [9.17, 15) is 0 Å². The van der Waals surface area contributed by atoms with Gasteiger partial charge >= 0.3 is 0 Å². The van der Waals surface area contributed by atoms with Crippen molar-refractivity contribution in [1.82, 2.24) is 5.32 Å². The molecule has 0 radical (unpaired) electrons. The van der Waals surface area contributed by atoms with Crippen LogP contribution in [-0.4, -0.2) is 24.8 Å². The summed E-state index contributed by atoms with van der Waals surface area (Å²) in [6.07, 6.45) is 1.58. The molecule has 1 rings (SSSR count). The molecule has 0 aromatic carbocycles. The summed E-state index contributed by atoms with van der Waals surface area (Å²) < 4.78 is 6.23. The van der Waals surface area contributed by atoms with Crippen LogP contribution in [0.3, 0.4) is 0 Å². The normalized spacial score (nSPS) is 36.0. The van der Waals surface area contributed by atoms with Gasteiger partial charge in [-0.05, 0) is 18.8 Å². The fourth-order valence-corrected chi connectivity index (χ4v) is 1.81. The second-order valence-corrected chi connectivity index (χ2v) is 5.14. The molecule has 3 unspecified atom stereocenters. The molecule has 0 spiro atoms. The summed E-state index contributed by atoms with van der Waals surface area (Å²) in [6.45, 7) is 13.2. The minimum atomic E-state index is 0.0202. The Kier molecular flexibility index (Phi) is 3.96. The minimum Gasteiger partial charge on any atom is -0.369 e. The van der Waals surface area contributed by atoms with Crippen LogP contribution >= 0.6 is 0 Å². The van der Waals surface area contributed by atoms with Gasteiger partial charge in [-0.2, -0.15) is 0 Å². The second kappa shape index (κ2) is 4.63. The number of hydrogen-bond acceptors (Lipinski definition) is 2. The first-order valence-corrected chi connectivity index (χ1v) is 5.88. The lowest BCUT2D eigenvalue weighted by Crippen LogP contribution is -2.56. The van der Waals surface area contributed by atoms with Crippen molar-refractivity contribution >= 4 is 0 Å². The molecule has 2 nitrogen and oxygen atoms in total.